The minimum absolute atomic E-state index is 0. The minimum Gasteiger partial charge on any atom is -0.350 e. The highest BCUT2D eigenvalue weighted by molar-refractivity contribution is 5.94. The lowest BCUT2D eigenvalue weighted by Crippen LogP contribution is -2.40. The highest BCUT2D eigenvalue weighted by Crippen LogP contribution is 2.14. The standard InChI is InChI=1S/C18H23N3O2.ClH/c22-17(16-5-4-10-19-16)20-13-14-6-8-15(9-7-14)18(23)21-11-2-1-3-12-21;/h4-9,16,19H,1-3,10-13H2,(H,20,22);1H. The summed E-state index contributed by atoms with van der Waals surface area (Å²) in [7, 11) is 0. The lowest BCUT2D eigenvalue weighted by atomic mass is 10.1. The van der Waals surface area contributed by atoms with Crippen LogP contribution in [0.3, 0.4) is 0 Å². The first kappa shape index (κ1) is 18.5. The molecule has 0 aromatic heterocycles. The van der Waals surface area contributed by atoms with Gasteiger partial charge in [0, 0.05) is 31.7 Å². The lowest BCUT2D eigenvalue weighted by molar-refractivity contribution is -0.122. The van der Waals surface area contributed by atoms with Crippen molar-refractivity contribution in [2.24, 2.45) is 0 Å². The summed E-state index contributed by atoms with van der Waals surface area (Å²) in [5.41, 5.74) is 1.72. The monoisotopic (exact) mass is 349 g/mol. The second kappa shape index (κ2) is 8.85. The molecule has 0 radical (unpaired) electrons. The van der Waals surface area contributed by atoms with Crippen molar-refractivity contribution in [2.75, 3.05) is 19.6 Å². The van der Waals surface area contributed by atoms with Crippen molar-refractivity contribution in [3.8, 4) is 0 Å². The molecule has 2 heterocycles. The van der Waals surface area contributed by atoms with Gasteiger partial charge in [-0.25, -0.2) is 0 Å². The van der Waals surface area contributed by atoms with Gasteiger partial charge in [0.2, 0.25) is 5.91 Å². The van der Waals surface area contributed by atoms with E-state index in [1.807, 2.05) is 41.3 Å². The molecule has 0 saturated carbocycles. The Hall–Kier alpha value is -1.85. The fraction of sp³-hybridized carbons (Fsp3) is 0.444. The Labute approximate surface area is 148 Å². The maximum Gasteiger partial charge on any atom is 0.253 e. The number of hydrogen-bond donors (Lipinski definition) is 2. The maximum absolute atomic E-state index is 12.4. The number of hydrogen-bond acceptors (Lipinski definition) is 3. The van der Waals surface area contributed by atoms with Gasteiger partial charge in [-0.05, 0) is 37.0 Å². The molecule has 1 saturated heterocycles. The molecular weight excluding hydrogens is 326 g/mol. The third-order valence-corrected chi connectivity index (χ3v) is 4.38. The van der Waals surface area contributed by atoms with Crippen LogP contribution in [0, 0.1) is 0 Å². The van der Waals surface area contributed by atoms with E-state index >= 15 is 0 Å². The Balaban J connectivity index is 0.00000208. The number of rotatable bonds is 4. The molecule has 0 spiro atoms. The summed E-state index contributed by atoms with van der Waals surface area (Å²) in [6.07, 6.45) is 7.23. The summed E-state index contributed by atoms with van der Waals surface area (Å²) < 4.78 is 0. The van der Waals surface area contributed by atoms with Crippen molar-refractivity contribution in [1.29, 1.82) is 0 Å². The first-order valence-corrected chi connectivity index (χ1v) is 8.30. The molecule has 1 fully saturated rings. The Kier molecular flexibility index (Phi) is 6.82. The number of likely N-dealkylation sites (tertiary alicyclic amines) is 1. The van der Waals surface area contributed by atoms with E-state index in [-0.39, 0.29) is 30.3 Å². The number of carbonyl (C=O) groups excluding carboxylic acids is 2. The third-order valence-electron chi connectivity index (χ3n) is 4.38. The summed E-state index contributed by atoms with van der Waals surface area (Å²) in [6.45, 7) is 2.94. The van der Waals surface area contributed by atoms with Gasteiger partial charge in [-0.3, -0.25) is 14.9 Å². The zero-order valence-electron chi connectivity index (χ0n) is 13.7. The van der Waals surface area contributed by atoms with Gasteiger partial charge in [0.1, 0.15) is 6.04 Å². The van der Waals surface area contributed by atoms with Crippen molar-refractivity contribution in [1.82, 2.24) is 15.5 Å². The lowest BCUT2D eigenvalue weighted by Gasteiger charge is -2.26. The van der Waals surface area contributed by atoms with Crippen LogP contribution in [-0.4, -0.2) is 42.4 Å². The van der Waals surface area contributed by atoms with Crippen molar-refractivity contribution in [3.63, 3.8) is 0 Å². The average molecular weight is 350 g/mol. The predicted molar refractivity (Wildman–Crippen MR) is 96.2 cm³/mol. The van der Waals surface area contributed by atoms with Crippen LogP contribution < -0.4 is 10.6 Å². The Morgan fingerprint density at radius 1 is 1.12 bits per heavy atom. The molecule has 0 bridgehead atoms. The van der Waals surface area contributed by atoms with E-state index in [9.17, 15) is 9.59 Å². The largest absolute Gasteiger partial charge is 0.350 e. The van der Waals surface area contributed by atoms with Crippen LogP contribution in [0.5, 0.6) is 0 Å². The molecule has 1 aromatic carbocycles. The molecule has 5 nitrogen and oxygen atoms in total. The fourth-order valence-corrected chi connectivity index (χ4v) is 2.99. The van der Waals surface area contributed by atoms with Gasteiger partial charge < -0.3 is 10.2 Å². The van der Waals surface area contributed by atoms with E-state index in [2.05, 4.69) is 10.6 Å². The quantitative estimate of drug-likeness (QED) is 0.816. The van der Waals surface area contributed by atoms with Gasteiger partial charge in [-0.15, -0.1) is 12.4 Å². The van der Waals surface area contributed by atoms with Gasteiger partial charge in [0.05, 0.1) is 0 Å². The van der Waals surface area contributed by atoms with Gasteiger partial charge in [-0.1, -0.05) is 24.3 Å². The molecule has 2 aliphatic rings. The van der Waals surface area contributed by atoms with Gasteiger partial charge in [0.15, 0.2) is 0 Å². The first-order valence-electron chi connectivity index (χ1n) is 8.30. The number of halogens is 1. The minimum atomic E-state index is -0.227. The van der Waals surface area contributed by atoms with E-state index in [4.69, 9.17) is 0 Å². The normalized spacial score (nSPS) is 19.7. The van der Waals surface area contributed by atoms with Gasteiger partial charge in [0.25, 0.3) is 5.91 Å². The SMILES string of the molecule is Cl.O=C(NCc1ccc(C(=O)N2CCCCC2)cc1)C1C=CCN1. The summed E-state index contributed by atoms with van der Waals surface area (Å²) in [4.78, 5) is 26.2. The summed E-state index contributed by atoms with van der Waals surface area (Å²) in [5.74, 6) is 0.0906. The van der Waals surface area contributed by atoms with Crippen molar-refractivity contribution in [2.45, 2.75) is 31.8 Å². The molecule has 2 amide bonds. The average Bonchev–Trinajstić information content (AvgIpc) is 3.15. The van der Waals surface area contributed by atoms with Crippen LogP contribution in [0.15, 0.2) is 36.4 Å². The zero-order chi connectivity index (χ0) is 16.1. The van der Waals surface area contributed by atoms with Gasteiger partial charge >= 0.3 is 0 Å². The Bertz CT molecular complexity index is 595. The van der Waals surface area contributed by atoms with Crippen LogP contribution >= 0.6 is 12.4 Å². The van der Waals surface area contributed by atoms with Crippen LogP contribution in [0.25, 0.3) is 0 Å². The summed E-state index contributed by atoms with van der Waals surface area (Å²) >= 11 is 0. The van der Waals surface area contributed by atoms with Crippen LogP contribution in [0.2, 0.25) is 0 Å². The smallest absolute Gasteiger partial charge is 0.253 e. The van der Waals surface area contributed by atoms with E-state index < -0.39 is 0 Å². The molecule has 1 aromatic rings. The summed E-state index contributed by atoms with van der Waals surface area (Å²) in [6, 6.07) is 7.30. The predicted octanol–water partition coefficient (Wildman–Crippen LogP) is 1.88. The Morgan fingerprint density at radius 2 is 1.83 bits per heavy atom. The molecule has 24 heavy (non-hydrogen) atoms. The number of benzene rings is 1. The molecule has 1 atom stereocenters. The highest BCUT2D eigenvalue weighted by atomic mass is 35.5. The summed E-state index contributed by atoms with van der Waals surface area (Å²) in [5, 5.41) is 5.98. The van der Waals surface area contributed by atoms with E-state index in [1.165, 1.54) is 6.42 Å². The van der Waals surface area contributed by atoms with E-state index in [0.29, 0.717) is 6.54 Å². The molecule has 2 aliphatic heterocycles. The number of nitrogens with zero attached hydrogens (tertiary/aromatic N) is 1. The van der Waals surface area contributed by atoms with Crippen LogP contribution in [-0.2, 0) is 11.3 Å². The third kappa shape index (κ3) is 4.58. The Morgan fingerprint density at radius 3 is 2.46 bits per heavy atom. The van der Waals surface area contributed by atoms with E-state index in [1.54, 1.807) is 0 Å². The van der Waals surface area contributed by atoms with Crippen LogP contribution in [0.1, 0.15) is 35.2 Å². The molecule has 6 heteroatoms. The molecule has 2 N–H and O–H groups in total. The first-order chi connectivity index (χ1) is 11.2. The molecule has 3 rings (SSSR count). The maximum atomic E-state index is 12.4. The highest BCUT2D eigenvalue weighted by Gasteiger charge is 2.18. The van der Waals surface area contributed by atoms with Gasteiger partial charge in [-0.2, -0.15) is 0 Å². The van der Waals surface area contributed by atoms with Crippen molar-refractivity contribution < 1.29 is 9.59 Å². The van der Waals surface area contributed by atoms with Crippen LogP contribution in [0.4, 0.5) is 0 Å². The molecular formula is C18H24ClN3O2. The number of carbonyl (C=O) groups is 2. The molecule has 1 unspecified atom stereocenters. The van der Waals surface area contributed by atoms with E-state index in [0.717, 1.165) is 43.6 Å². The zero-order valence-corrected chi connectivity index (χ0v) is 14.5. The topological polar surface area (TPSA) is 61.4 Å². The van der Waals surface area contributed by atoms with Crippen molar-refractivity contribution in [3.05, 3.63) is 47.5 Å². The number of nitrogens with one attached hydrogen (secondary N) is 2. The second-order valence-corrected chi connectivity index (χ2v) is 6.08. The number of amides is 2. The molecule has 130 valence electrons. The fourth-order valence-electron chi connectivity index (χ4n) is 2.99. The number of piperidine rings is 1. The second-order valence-electron chi connectivity index (χ2n) is 6.08. The molecule has 0 aliphatic carbocycles. The van der Waals surface area contributed by atoms with Crippen molar-refractivity contribution >= 4 is 24.2 Å².